The van der Waals surface area contributed by atoms with Crippen molar-refractivity contribution < 1.29 is 9.53 Å². The summed E-state index contributed by atoms with van der Waals surface area (Å²) >= 11 is 1.51. The van der Waals surface area contributed by atoms with Crippen LogP contribution in [-0.4, -0.2) is 23.4 Å². The number of rotatable bonds is 6. The smallest absolute Gasteiger partial charge is 0.316 e. The molecule has 0 saturated heterocycles. The van der Waals surface area contributed by atoms with Crippen LogP contribution in [0.2, 0.25) is 0 Å². The number of hydrogen-bond acceptors (Lipinski definition) is 4. The highest BCUT2D eigenvalue weighted by molar-refractivity contribution is 8.00. The van der Waals surface area contributed by atoms with Crippen LogP contribution < -0.4 is 5.32 Å². The van der Waals surface area contributed by atoms with Gasteiger partial charge in [0.25, 0.3) is 0 Å². The lowest BCUT2D eigenvalue weighted by Gasteiger charge is -2.19. The zero-order chi connectivity index (χ0) is 15.2. The van der Waals surface area contributed by atoms with Crippen molar-refractivity contribution in [3.8, 4) is 0 Å². The molecule has 1 N–H and O–H groups in total. The fraction of sp³-hybridized carbons (Fsp3) is 0.562. The minimum Gasteiger partial charge on any atom is -0.459 e. The molecule has 0 atom stereocenters. The molecular formula is C16H25NO2S. The zero-order valence-electron chi connectivity index (χ0n) is 13.0. The minimum absolute atomic E-state index is 0.173. The van der Waals surface area contributed by atoms with E-state index in [2.05, 4.69) is 31.3 Å². The van der Waals surface area contributed by atoms with Gasteiger partial charge in [0.2, 0.25) is 0 Å². The molecule has 1 aromatic carbocycles. The van der Waals surface area contributed by atoms with E-state index in [-0.39, 0.29) is 5.97 Å². The van der Waals surface area contributed by atoms with Crippen molar-refractivity contribution in [3.05, 3.63) is 29.8 Å². The summed E-state index contributed by atoms with van der Waals surface area (Å²) in [5, 5.41) is 3.38. The average Bonchev–Trinajstić information content (AvgIpc) is 2.33. The van der Waals surface area contributed by atoms with Gasteiger partial charge in [-0.1, -0.05) is 26.0 Å². The summed E-state index contributed by atoms with van der Waals surface area (Å²) in [6.07, 6.45) is 0. The first kappa shape index (κ1) is 17.1. The molecule has 0 aromatic heterocycles. The van der Waals surface area contributed by atoms with E-state index in [9.17, 15) is 4.79 Å². The topological polar surface area (TPSA) is 38.3 Å². The molecule has 0 heterocycles. The number of esters is 1. The molecule has 20 heavy (non-hydrogen) atoms. The average molecular weight is 295 g/mol. The summed E-state index contributed by atoms with van der Waals surface area (Å²) in [4.78, 5) is 12.7. The largest absolute Gasteiger partial charge is 0.459 e. The first-order valence-electron chi connectivity index (χ1n) is 6.93. The fourth-order valence-corrected chi connectivity index (χ4v) is 2.21. The maximum Gasteiger partial charge on any atom is 0.316 e. The molecule has 0 unspecified atom stereocenters. The van der Waals surface area contributed by atoms with E-state index >= 15 is 0 Å². The molecule has 112 valence electrons. The number of carbonyl (C=O) groups excluding carboxylic acids is 1. The number of hydrogen-bond donors (Lipinski definition) is 1. The highest BCUT2D eigenvalue weighted by Crippen LogP contribution is 2.19. The molecule has 0 aliphatic heterocycles. The Morgan fingerprint density at radius 2 is 1.85 bits per heavy atom. The summed E-state index contributed by atoms with van der Waals surface area (Å²) in [5.41, 5.74) is 0.838. The first-order valence-corrected chi connectivity index (χ1v) is 7.92. The van der Waals surface area contributed by atoms with Crippen LogP contribution in [0.1, 0.15) is 40.2 Å². The van der Waals surface area contributed by atoms with Crippen LogP contribution in [0.5, 0.6) is 0 Å². The molecule has 0 aliphatic rings. The van der Waals surface area contributed by atoms with Gasteiger partial charge in [0.1, 0.15) is 5.60 Å². The standard InChI is InChI=1S/C16H25NO2S/c1-12(2)17-10-13-6-8-14(9-7-13)20-11-15(18)19-16(3,4)5/h6-9,12,17H,10-11H2,1-5H3. The van der Waals surface area contributed by atoms with Crippen molar-refractivity contribution in [2.75, 3.05) is 5.75 Å². The maximum absolute atomic E-state index is 11.6. The second-order valence-electron chi connectivity index (χ2n) is 6.05. The predicted molar refractivity (Wildman–Crippen MR) is 85.0 cm³/mol. The summed E-state index contributed by atoms with van der Waals surface area (Å²) in [6, 6.07) is 8.76. The maximum atomic E-state index is 11.6. The van der Waals surface area contributed by atoms with Gasteiger partial charge in [-0.05, 0) is 38.5 Å². The van der Waals surface area contributed by atoms with Crippen molar-refractivity contribution in [2.24, 2.45) is 0 Å². The summed E-state index contributed by atoms with van der Waals surface area (Å²) < 4.78 is 5.28. The van der Waals surface area contributed by atoms with Crippen molar-refractivity contribution >= 4 is 17.7 Å². The van der Waals surface area contributed by atoms with Crippen molar-refractivity contribution in [2.45, 2.75) is 57.7 Å². The lowest BCUT2D eigenvalue weighted by Crippen LogP contribution is -2.24. The van der Waals surface area contributed by atoms with Gasteiger partial charge in [-0.2, -0.15) is 0 Å². The molecule has 1 aromatic rings. The Balaban J connectivity index is 2.40. The Labute approximate surface area is 126 Å². The van der Waals surface area contributed by atoms with E-state index in [4.69, 9.17) is 4.74 Å². The van der Waals surface area contributed by atoms with Gasteiger partial charge in [-0.15, -0.1) is 11.8 Å². The van der Waals surface area contributed by atoms with Gasteiger partial charge in [0.05, 0.1) is 5.75 Å². The predicted octanol–water partition coefficient (Wildman–Crippen LogP) is 3.62. The Morgan fingerprint density at radius 1 is 1.25 bits per heavy atom. The lowest BCUT2D eigenvalue weighted by atomic mass is 10.2. The molecule has 0 amide bonds. The Hall–Kier alpha value is -1.00. The van der Waals surface area contributed by atoms with E-state index in [1.807, 2.05) is 32.9 Å². The van der Waals surface area contributed by atoms with Gasteiger partial charge >= 0.3 is 5.97 Å². The highest BCUT2D eigenvalue weighted by Gasteiger charge is 2.16. The quantitative estimate of drug-likeness (QED) is 0.642. The molecule has 0 bridgehead atoms. The van der Waals surface area contributed by atoms with E-state index in [1.54, 1.807) is 0 Å². The molecule has 0 radical (unpaired) electrons. The normalized spacial score (nSPS) is 11.7. The number of ether oxygens (including phenoxy) is 1. The van der Waals surface area contributed by atoms with Crippen molar-refractivity contribution in [3.63, 3.8) is 0 Å². The summed E-state index contributed by atoms with van der Waals surface area (Å²) in [5.74, 6) is 0.175. The molecule has 1 rings (SSSR count). The van der Waals surface area contributed by atoms with E-state index < -0.39 is 5.60 Å². The molecule has 0 spiro atoms. The SMILES string of the molecule is CC(C)NCc1ccc(SCC(=O)OC(C)(C)C)cc1. The Bertz CT molecular complexity index is 421. The van der Waals surface area contributed by atoms with Crippen LogP contribution in [0.4, 0.5) is 0 Å². The van der Waals surface area contributed by atoms with Gasteiger partial charge in [-0.3, -0.25) is 4.79 Å². The van der Waals surface area contributed by atoms with Crippen LogP contribution in [0, 0.1) is 0 Å². The van der Waals surface area contributed by atoms with Gasteiger partial charge in [-0.25, -0.2) is 0 Å². The van der Waals surface area contributed by atoms with Crippen molar-refractivity contribution in [1.29, 1.82) is 0 Å². The zero-order valence-corrected chi connectivity index (χ0v) is 13.8. The van der Waals surface area contributed by atoms with E-state index in [0.717, 1.165) is 11.4 Å². The third-order valence-electron chi connectivity index (χ3n) is 2.41. The van der Waals surface area contributed by atoms with E-state index in [1.165, 1.54) is 17.3 Å². The summed E-state index contributed by atoms with van der Waals surface area (Å²) in [6.45, 7) is 10.8. The van der Waals surface area contributed by atoms with Crippen LogP contribution in [-0.2, 0) is 16.1 Å². The number of carbonyl (C=O) groups is 1. The van der Waals surface area contributed by atoms with Crippen LogP contribution >= 0.6 is 11.8 Å². The van der Waals surface area contributed by atoms with Gasteiger partial charge in [0.15, 0.2) is 0 Å². The van der Waals surface area contributed by atoms with Crippen molar-refractivity contribution in [1.82, 2.24) is 5.32 Å². The third kappa shape index (κ3) is 7.56. The lowest BCUT2D eigenvalue weighted by molar-refractivity contribution is -0.151. The highest BCUT2D eigenvalue weighted by atomic mass is 32.2. The fourth-order valence-electron chi connectivity index (χ4n) is 1.54. The molecule has 0 saturated carbocycles. The second-order valence-corrected chi connectivity index (χ2v) is 7.10. The molecule has 0 fully saturated rings. The number of nitrogens with one attached hydrogen (secondary N) is 1. The van der Waals surface area contributed by atoms with Gasteiger partial charge in [0, 0.05) is 17.5 Å². The Kier molecular flexibility index (Phi) is 6.56. The molecular weight excluding hydrogens is 270 g/mol. The van der Waals surface area contributed by atoms with Crippen LogP contribution in [0.25, 0.3) is 0 Å². The number of thioether (sulfide) groups is 1. The molecule has 0 aliphatic carbocycles. The first-order chi connectivity index (χ1) is 9.26. The monoisotopic (exact) mass is 295 g/mol. The molecule has 3 nitrogen and oxygen atoms in total. The van der Waals surface area contributed by atoms with E-state index in [0.29, 0.717) is 11.8 Å². The second kappa shape index (κ2) is 7.70. The number of benzene rings is 1. The summed E-state index contributed by atoms with van der Waals surface area (Å²) in [7, 11) is 0. The van der Waals surface area contributed by atoms with Crippen LogP contribution in [0.15, 0.2) is 29.2 Å². The molecule has 4 heteroatoms. The Morgan fingerprint density at radius 3 is 2.35 bits per heavy atom. The third-order valence-corrected chi connectivity index (χ3v) is 3.40. The minimum atomic E-state index is -0.413. The van der Waals surface area contributed by atoms with Gasteiger partial charge < -0.3 is 10.1 Å². The van der Waals surface area contributed by atoms with Crippen LogP contribution in [0.3, 0.4) is 0 Å².